The lowest BCUT2D eigenvalue weighted by molar-refractivity contribution is -0.709. The number of quaternary nitrogens is 1. The van der Waals surface area contributed by atoms with E-state index < -0.39 is 0 Å². The van der Waals surface area contributed by atoms with Crippen LogP contribution in [0.3, 0.4) is 0 Å². The van der Waals surface area contributed by atoms with Crippen molar-refractivity contribution in [1.82, 2.24) is 0 Å². The van der Waals surface area contributed by atoms with E-state index in [1.165, 1.54) is 0 Å². The molecule has 0 aliphatic rings. The molecular formula is C17H19BrClN2O+. The first kappa shape index (κ1) is 17.0. The normalized spacial score (nSPS) is 13.5. The van der Waals surface area contributed by atoms with E-state index in [9.17, 15) is 4.79 Å². The molecule has 0 saturated carbocycles. The van der Waals surface area contributed by atoms with Crippen molar-refractivity contribution in [2.45, 2.75) is 25.9 Å². The van der Waals surface area contributed by atoms with Crippen LogP contribution in [-0.4, -0.2) is 11.9 Å². The van der Waals surface area contributed by atoms with Crippen LogP contribution >= 0.6 is 27.5 Å². The summed E-state index contributed by atoms with van der Waals surface area (Å²) in [6.07, 6.45) is 0. The highest BCUT2D eigenvalue weighted by Crippen LogP contribution is 2.19. The van der Waals surface area contributed by atoms with E-state index in [2.05, 4.69) is 21.2 Å². The molecule has 1 amide bonds. The van der Waals surface area contributed by atoms with Gasteiger partial charge in [-0.3, -0.25) is 4.79 Å². The van der Waals surface area contributed by atoms with Gasteiger partial charge in [-0.15, -0.1) is 0 Å². The SMILES string of the molecule is C[C@@H]([NH2+][C@H](C)c1ccccc1Cl)C(=O)Nc1ccc(Br)cc1. The molecule has 3 nitrogen and oxygen atoms in total. The van der Waals surface area contributed by atoms with Crippen LogP contribution in [0.25, 0.3) is 0 Å². The predicted octanol–water partition coefficient (Wildman–Crippen LogP) is 3.75. The second kappa shape index (κ2) is 7.77. The molecule has 0 heterocycles. The molecule has 2 atom stereocenters. The number of hydrogen-bond acceptors (Lipinski definition) is 1. The molecule has 116 valence electrons. The Labute approximate surface area is 144 Å². The Hall–Kier alpha value is -1.36. The van der Waals surface area contributed by atoms with E-state index in [0.717, 1.165) is 20.7 Å². The fraction of sp³-hybridized carbons (Fsp3) is 0.235. The topological polar surface area (TPSA) is 45.7 Å². The monoisotopic (exact) mass is 381 g/mol. The molecule has 0 radical (unpaired) electrons. The summed E-state index contributed by atoms with van der Waals surface area (Å²) in [5, 5.41) is 5.65. The lowest BCUT2D eigenvalue weighted by Crippen LogP contribution is -2.91. The highest BCUT2D eigenvalue weighted by atomic mass is 79.9. The van der Waals surface area contributed by atoms with Gasteiger partial charge in [0.15, 0.2) is 6.04 Å². The zero-order chi connectivity index (χ0) is 16.1. The number of nitrogens with one attached hydrogen (secondary N) is 1. The highest BCUT2D eigenvalue weighted by Gasteiger charge is 2.21. The first-order valence-electron chi connectivity index (χ1n) is 7.13. The van der Waals surface area contributed by atoms with E-state index >= 15 is 0 Å². The molecule has 0 saturated heterocycles. The summed E-state index contributed by atoms with van der Waals surface area (Å²) in [5.74, 6) is -0.0266. The van der Waals surface area contributed by atoms with E-state index in [1.54, 1.807) is 0 Å². The smallest absolute Gasteiger partial charge is 0.282 e. The number of amides is 1. The van der Waals surface area contributed by atoms with Crippen molar-refractivity contribution in [3.8, 4) is 0 Å². The van der Waals surface area contributed by atoms with Crippen molar-refractivity contribution in [2.75, 3.05) is 5.32 Å². The molecule has 2 aromatic carbocycles. The molecule has 0 bridgehead atoms. The molecule has 3 N–H and O–H groups in total. The van der Waals surface area contributed by atoms with E-state index in [4.69, 9.17) is 11.6 Å². The fourth-order valence-electron chi connectivity index (χ4n) is 2.26. The van der Waals surface area contributed by atoms with Gasteiger partial charge in [0.25, 0.3) is 5.91 Å². The average molecular weight is 383 g/mol. The number of benzene rings is 2. The van der Waals surface area contributed by atoms with Crippen LogP contribution in [0.2, 0.25) is 5.02 Å². The summed E-state index contributed by atoms with van der Waals surface area (Å²) in [4.78, 5) is 12.3. The summed E-state index contributed by atoms with van der Waals surface area (Å²) in [6, 6.07) is 15.1. The number of hydrogen-bond donors (Lipinski definition) is 2. The van der Waals surface area contributed by atoms with Crippen LogP contribution in [0.1, 0.15) is 25.5 Å². The number of halogens is 2. The first-order chi connectivity index (χ1) is 10.5. The van der Waals surface area contributed by atoms with Crippen LogP contribution in [-0.2, 0) is 4.79 Å². The molecule has 0 aromatic heterocycles. The maximum absolute atomic E-state index is 12.3. The van der Waals surface area contributed by atoms with Crippen molar-refractivity contribution < 1.29 is 10.1 Å². The summed E-state index contributed by atoms with van der Waals surface area (Å²) in [6.45, 7) is 3.94. The molecule has 22 heavy (non-hydrogen) atoms. The maximum Gasteiger partial charge on any atom is 0.282 e. The molecule has 0 fully saturated rings. The zero-order valence-corrected chi connectivity index (χ0v) is 14.9. The van der Waals surface area contributed by atoms with Crippen LogP contribution in [0.15, 0.2) is 53.0 Å². The third kappa shape index (κ3) is 4.57. The summed E-state index contributed by atoms with van der Waals surface area (Å²) in [5.41, 5.74) is 1.83. The average Bonchev–Trinajstić information content (AvgIpc) is 2.49. The molecular weight excluding hydrogens is 364 g/mol. The van der Waals surface area contributed by atoms with Gasteiger partial charge in [-0.1, -0.05) is 45.7 Å². The van der Waals surface area contributed by atoms with Gasteiger partial charge >= 0.3 is 0 Å². The summed E-state index contributed by atoms with van der Waals surface area (Å²) in [7, 11) is 0. The lowest BCUT2D eigenvalue weighted by Gasteiger charge is -2.17. The summed E-state index contributed by atoms with van der Waals surface area (Å²) < 4.78 is 0.984. The van der Waals surface area contributed by atoms with Gasteiger partial charge < -0.3 is 10.6 Å². The number of carbonyl (C=O) groups is 1. The van der Waals surface area contributed by atoms with Crippen molar-refractivity contribution >= 4 is 39.1 Å². The zero-order valence-electron chi connectivity index (χ0n) is 12.5. The Bertz CT molecular complexity index is 645. The predicted molar refractivity (Wildman–Crippen MR) is 94.0 cm³/mol. The Morgan fingerprint density at radius 1 is 1.14 bits per heavy atom. The number of nitrogens with two attached hydrogens (primary N) is 1. The van der Waals surface area contributed by atoms with Crippen LogP contribution in [0.4, 0.5) is 5.69 Å². The minimum Gasteiger partial charge on any atom is -0.330 e. The second-order valence-electron chi connectivity index (χ2n) is 5.29. The van der Waals surface area contributed by atoms with Crippen LogP contribution < -0.4 is 10.6 Å². The maximum atomic E-state index is 12.3. The van der Waals surface area contributed by atoms with Crippen molar-refractivity contribution in [3.63, 3.8) is 0 Å². The third-order valence-electron chi connectivity index (χ3n) is 3.50. The molecule has 0 spiro atoms. The van der Waals surface area contributed by atoms with Gasteiger partial charge in [-0.2, -0.15) is 0 Å². The Balaban J connectivity index is 1.96. The molecule has 5 heteroatoms. The fourth-order valence-corrected chi connectivity index (χ4v) is 2.83. The van der Waals surface area contributed by atoms with Gasteiger partial charge in [-0.25, -0.2) is 0 Å². The molecule has 0 aliphatic carbocycles. The Morgan fingerprint density at radius 2 is 1.77 bits per heavy atom. The van der Waals surface area contributed by atoms with Gasteiger partial charge in [0.1, 0.15) is 6.04 Å². The number of carbonyl (C=O) groups excluding carboxylic acids is 1. The van der Waals surface area contributed by atoms with E-state index in [-0.39, 0.29) is 18.0 Å². The van der Waals surface area contributed by atoms with Crippen molar-refractivity contribution in [3.05, 3.63) is 63.6 Å². The number of rotatable bonds is 5. The van der Waals surface area contributed by atoms with Gasteiger partial charge in [0, 0.05) is 20.7 Å². The highest BCUT2D eigenvalue weighted by molar-refractivity contribution is 9.10. The van der Waals surface area contributed by atoms with Crippen LogP contribution in [0, 0.1) is 0 Å². The number of anilines is 1. The van der Waals surface area contributed by atoms with Crippen molar-refractivity contribution in [2.24, 2.45) is 0 Å². The van der Waals surface area contributed by atoms with Gasteiger partial charge in [-0.05, 0) is 44.2 Å². The van der Waals surface area contributed by atoms with E-state index in [1.807, 2.05) is 67.7 Å². The van der Waals surface area contributed by atoms with Gasteiger partial charge in [0.05, 0.1) is 0 Å². The molecule has 2 rings (SSSR count). The Morgan fingerprint density at radius 3 is 2.41 bits per heavy atom. The Kier molecular flexibility index (Phi) is 6.00. The first-order valence-corrected chi connectivity index (χ1v) is 8.30. The summed E-state index contributed by atoms with van der Waals surface area (Å²) >= 11 is 9.58. The lowest BCUT2D eigenvalue weighted by atomic mass is 10.1. The minimum absolute atomic E-state index is 0.0266. The van der Waals surface area contributed by atoms with E-state index in [0.29, 0.717) is 0 Å². The third-order valence-corrected chi connectivity index (χ3v) is 4.37. The van der Waals surface area contributed by atoms with Crippen LogP contribution in [0.5, 0.6) is 0 Å². The van der Waals surface area contributed by atoms with Gasteiger partial charge in [0.2, 0.25) is 0 Å². The molecule has 0 unspecified atom stereocenters. The standard InChI is InChI=1S/C17H18BrClN2O/c1-11(15-5-3-4-6-16(15)19)20-12(2)17(22)21-14-9-7-13(18)8-10-14/h3-12,20H,1-2H3,(H,21,22)/p+1/t11-,12-/m1/s1. The second-order valence-corrected chi connectivity index (χ2v) is 6.61. The largest absolute Gasteiger partial charge is 0.330 e. The van der Waals surface area contributed by atoms with Crippen molar-refractivity contribution in [1.29, 1.82) is 0 Å². The molecule has 0 aliphatic heterocycles. The molecule has 2 aromatic rings. The minimum atomic E-state index is -0.213. The quantitative estimate of drug-likeness (QED) is 0.812.